The summed E-state index contributed by atoms with van der Waals surface area (Å²) in [5.41, 5.74) is -0.0374. The van der Waals surface area contributed by atoms with Gasteiger partial charge in [0.25, 0.3) is 0 Å². The zero-order valence-electron chi connectivity index (χ0n) is 11.2. The topological polar surface area (TPSA) is 24.9 Å². The zero-order valence-corrected chi connectivity index (χ0v) is 13.6. The van der Waals surface area contributed by atoms with Gasteiger partial charge < -0.3 is 5.32 Å². The Labute approximate surface area is 133 Å². The number of rotatable bonds is 5. The van der Waals surface area contributed by atoms with Crippen LogP contribution in [-0.2, 0) is 12.6 Å². The minimum absolute atomic E-state index is 0.210. The average Bonchev–Trinajstić information content (AvgIpc) is 2.90. The van der Waals surface area contributed by atoms with Crippen molar-refractivity contribution in [2.24, 2.45) is 0 Å². The molecule has 7 heteroatoms. The normalized spacial score (nSPS) is 13.4. The van der Waals surface area contributed by atoms with Gasteiger partial charge >= 0.3 is 6.18 Å². The Bertz CT molecular complexity index is 584. The molecule has 1 aromatic heterocycles. The van der Waals surface area contributed by atoms with Crippen LogP contribution in [0.4, 0.5) is 13.2 Å². The van der Waals surface area contributed by atoms with Crippen LogP contribution in [0.15, 0.2) is 34.2 Å². The predicted octanol–water partition coefficient (Wildman–Crippen LogP) is 4.82. The fraction of sp³-hybridized carbons (Fsp3) is 0.357. The molecule has 0 aliphatic carbocycles. The van der Waals surface area contributed by atoms with Crippen LogP contribution in [0.5, 0.6) is 0 Å². The van der Waals surface area contributed by atoms with E-state index in [4.69, 9.17) is 0 Å². The summed E-state index contributed by atoms with van der Waals surface area (Å²) in [7, 11) is 0. The number of hydrogen-bond acceptors (Lipinski definition) is 3. The predicted molar refractivity (Wildman–Crippen MR) is 81.4 cm³/mol. The van der Waals surface area contributed by atoms with Gasteiger partial charge in [-0.2, -0.15) is 13.2 Å². The van der Waals surface area contributed by atoms with Gasteiger partial charge in [0.1, 0.15) is 0 Å². The van der Waals surface area contributed by atoms with Gasteiger partial charge in [0, 0.05) is 28.5 Å². The van der Waals surface area contributed by atoms with Crippen LogP contribution in [0.25, 0.3) is 0 Å². The Morgan fingerprint density at radius 2 is 2.14 bits per heavy atom. The summed E-state index contributed by atoms with van der Waals surface area (Å²) in [5.74, 6) is 0. The van der Waals surface area contributed by atoms with Gasteiger partial charge in [0.15, 0.2) is 0 Å². The van der Waals surface area contributed by atoms with Crippen LogP contribution < -0.4 is 5.32 Å². The molecule has 1 atom stereocenters. The van der Waals surface area contributed by atoms with E-state index in [0.29, 0.717) is 23.0 Å². The van der Waals surface area contributed by atoms with E-state index in [1.165, 1.54) is 23.5 Å². The van der Waals surface area contributed by atoms with Gasteiger partial charge in [-0.25, -0.2) is 4.98 Å². The standard InChI is InChI=1S/C14H14BrF3N2S/c1-2-19-12(8-13-20-5-6-21-13)10-7-9(14(16,17)18)3-4-11(10)15/h3-7,12,19H,2,8H2,1H3. The molecule has 1 heterocycles. The molecule has 0 fully saturated rings. The number of alkyl halides is 3. The molecule has 0 spiro atoms. The maximum absolute atomic E-state index is 12.9. The highest BCUT2D eigenvalue weighted by molar-refractivity contribution is 9.10. The molecule has 0 saturated heterocycles. The van der Waals surface area contributed by atoms with Gasteiger partial charge in [-0.05, 0) is 30.3 Å². The highest BCUT2D eigenvalue weighted by Crippen LogP contribution is 2.34. The van der Waals surface area contributed by atoms with E-state index < -0.39 is 11.7 Å². The van der Waals surface area contributed by atoms with E-state index in [-0.39, 0.29) is 6.04 Å². The first kappa shape index (κ1) is 16.5. The molecule has 2 nitrogen and oxygen atoms in total. The van der Waals surface area contributed by atoms with Crippen molar-refractivity contribution in [3.63, 3.8) is 0 Å². The van der Waals surface area contributed by atoms with Crippen LogP contribution in [-0.4, -0.2) is 11.5 Å². The molecular weight excluding hydrogens is 365 g/mol. The molecule has 0 aliphatic rings. The van der Waals surface area contributed by atoms with E-state index in [1.54, 1.807) is 6.20 Å². The molecule has 114 valence electrons. The number of nitrogens with zero attached hydrogens (tertiary/aromatic N) is 1. The Balaban J connectivity index is 2.34. The molecular formula is C14H14BrF3N2S. The van der Waals surface area contributed by atoms with Crippen molar-refractivity contribution in [2.75, 3.05) is 6.54 Å². The molecule has 0 amide bonds. The number of aromatic nitrogens is 1. The fourth-order valence-electron chi connectivity index (χ4n) is 2.05. The lowest BCUT2D eigenvalue weighted by Crippen LogP contribution is -2.24. The summed E-state index contributed by atoms with van der Waals surface area (Å²) < 4.78 is 39.3. The van der Waals surface area contributed by atoms with Crippen molar-refractivity contribution < 1.29 is 13.2 Å². The number of nitrogens with one attached hydrogen (secondary N) is 1. The van der Waals surface area contributed by atoms with Gasteiger partial charge in [-0.15, -0.1) is 11.3 Å². The summed E-state index contributed by atoms with van der Waals surface area (Å²) in [6.07, 6.45) is -2.08. The van der Waals surface area contributed by atoms with Gasteiger partial charge in [-0.3, -0.25) is 0 Å². The quantitative estimate of drug-likeness (QED) is 0.806. The Kier molecular flexibility index (Phi) is 5.40. The Morgan fingerprint density at radius 1 is 1.38 bits per heavy atom. The molecule has 2 rings (SSSR count). The third-order valence-corrected chi connectivity index (χ3v) is 4.54. The zero-order chi connectivity index (χ0) is 15.5. The number of likely N-dealkylation sites (N-methyl/N-ethyl adjacent to an activating group) is 1. The lowest BCUT2D eigenvalue weighted by molar-refractivity contribution is -0.137. The molecule has 0 aliphatic heterocycles. The lowest BCUT2D eigenvalue weighted by atomic mass is 10.0. The average molecular weight is 379 g/mol. The first-order chi connectivity index (χ1) is 9.91. The second kappa shape index (κ2) is 6.89. The fourth-order valence-corrected chi connectivity index (χ4v) is 3.24. The first-order valence-electron chi connectivity index (χ1n) is 6.40. The monoisotopic (exact) mass is 378 g/mol. The van der Waals surface area contributed by atoms with E-state index >= 15 is 0 Å². The number of benzene rings is 1. The van der Waals surface area contributed by atoms with Gasteiger partial charge in [0.2, 0.25) is 0 Å². The summed E-state index contributed by atoms with van der Waals surface area (Å²) in [5, 5.41) is 5.98. The van der Waals surface area contributed by atoms with Crippen molar-refractivity contribution in [3.05, 3.63) is 50.4 Å². The highest BCUT2D eigenvalue weighted by Gasteiger charge is 2.31. The smallest absolute Gasteiger partial charge is 0.310 e. The molecule has 21 heavy (non-hydrogen) atoms. The molecule has 1 aromatic carbocycles. The molecule has 0 radical (unpaired) electrons. The number of halogens is 4. The van der Waals surface area contributed by atoms with Crippen molar-refractivity contribution in [3.8, 4) is 0 Å². The Morgan fingerprint density at radius 3 is 2.71 bits per heavy atom. The summed E-state index contributed by atoms with van der Waals surface area (Å²) in [4.78, 5) is 4.21. The van der Waals surface area contributed by atoms with Crippen LogP contribution in [0.3, 0.4) is 0 Å². The molecule has 1 unspecified atom stereocenters. The van der Waals surface area contributed by atoms with Crippen molar-refractivity contribution >= 4 is 27.3 Å². The maximum Gasteiger partial charge on any atom is 0.416 e. The number of hydrogen-bond donors (Lipinski definition) is 1. The van der Waals surface area contributed by atoms with Crippen molar-refractivity contribution in [1.82, 2.24) is 10.3 Å². The largest absolute Gasteiger partial charge is 0.416 e. The van der Waals surface area contributed by atoms with Gasteiger partial charge in [-0.1, -0.05) is 22.9 Å². The van der Waals surface area contributed by atoms with Crippen LogP contribution in [0, 0.1) is 0 Å². The Hall–Kier alpha value is -0.920. The lowest BCUT2D eigenvalue weighted by Gasteiger charge is -2.20. The summed E-state index contributed by atoms with van der Waals surface area (Å²) in [6.45, 7) is 2.59. The third kappa shape index (κ3) is 4.28. The van der Waals surface area contributed by atoms with Crippen molar-refractivity contribution in [1.29, 1.82) is 0 Å². The first-order valence-corrected chi connectivity index (χ1v) is 8.07. The van der Waals surface area contributed by atoms with Crippen LogP contribution in [0.2, 0.25) is 0 Å². The summed E-state index contributed by atoms with van der Waals surface area (Å²) >= 11 is 4.85. The molecule has 1 N–H and O–H groups in total. The van der Waals surface area contributed by atoms with Crippen LogP contribution in [0.1, 0.15) is 29.1 Å². The second-order valence-corrected chi connectivity index (χ2v) is 6.31. The summed E-state index contributed by atoms with van der Waals surface area (Å²) in [6, 6.07) is 3.52. The highest BCUT2D eigenvalue weighted by atomic mass is 79.9. The minimum Gasteiger partial charge on any atom is -0.310 e. The molecule has 0 saturated carbocycles. The maximum atomic E-state index is 12.9. The molecule has 0 bridgehead atoms. The second-order valence-electron chi connectivity index (χ2n) is 4.47. The van der Waals surface area contributed by atoms with Gasteiger partial charge in [0.05, 0.1) is 10.6 Å². The van der Waals surface area contributed by atoms with E-state index in [9.17, 15) is 13.2 Å². The number of thiazole rings is 1. The third-order valence-electron chi connectivity index (χ3n) is 3.01. The minimum atomic E-state index is -4.34. The van der Waals surface area contributed by atoms with E-state index in [1.807, 2.05) is 12.3 Å². The molecule has 2 aromatic rings. The van der Waals surface area contributed by atoms with Crippen molar-refractivity contribution in [2.45, 2.75) is 25.6 Å². The SMILES string of the molecule is CCNC(Cc1nccs1)c1cc(C(F)(F)F)ccc1Br. The van der Waals surface area contributed by atoms with Crippen LogP contribution >= 0.6 is 27.3 Å². The van der Waals surface area contributed by atoms with E-state index in [2.05, 4.69) is 26.2 Å². The van der Waals surface area contributed by atoms with E-state index in [0.717, 1.165) is 11.1 Å².